The molecule has 0 aliphatic heterocycles. The van der Waals surface area contributed by atoms with Crippen LogP contribution in [0.4, 0.5) is 0 Å². The molecule has 1 heterocycles. The van der Waals surface area contributed by atoms with Crippen molar-refractivity contribution in [1.29, 1.82) is 0 Å². The molecule has 1 aromatic heterocycles. The van der Waals surface area contributed by atoms with Gasteiger partial charge in [-0.3, -0.25) is 4.79 Å². The third-order valence-corrected chi connectivity index (χ3v) is 13.0. The van der Waals surface area contributed by atoms with E-state index in [1.165, 1.54) is 78.4 Å². The molecule has 6 atom stereocenters. The first-order valence-electron chi connectivity index (χ1n) is 19.4. The fourth-order valence-corrected chi connectivity index (χ4v) is 9.89. The molecule has 0 amide bonds. The zero-order valence-electron chi connectivity index (χ0n) is 30.3. The Morgan fingerprint density at radius 2 is 1.68 bits per heavy atom. The zero-order valence-corrected chi connectivity index (χ0v) is 30.3. The summed E-state index contributed by atoms with van der Waals surface area (Å²) in [6.45, 7) is 14.4. The number of fused-ring (bicyclic) bond motifs is 6. The van der Waals surface area contributed by atoms with E-state index in [4.69, 9.17) is 4.84 Å². The molecule has 7 rings (SSSR count). The summed E-state index contributed by atoms with van der Waals surface area (Å²) in [5.74, 6) is 4.52. The fraction of sp³-hybridized carbons (Fsp3) is 0.614. The van der Waals surface area contributed by atoms with E-state index in [9.17, 15) is 4.79 Å². The molecule has 3 saturated carbocycles. The second-order valence-corrected chi connectivity index (χ2v) is 15.8. The number of aromatic nitrogens is 1. The minimum atomic E-state index is 0.381. The predicted molar refractivity (Wildman–Crippen MR) is 198 cm³/mol. The lowest BCUT2D eigenvalue weighted by molar-refractivity contribution is -0.122. The van der Waals surface area contributed by atoms with Crippen LogP contribution >= 0.6 is 0 Å². The van der Waals surface area contributed by atoms with Crippen LogP contribution in [0.15, 0.2) is 42.5 Å². The largest absolute Gasteiger partial charge is 0.413 e. The van der Waals surface area contributed by atoms with Gasteiger partial charge >= 0.3 is 0 Å². The van der Waals surface area contributed by atoms with Gasteiger partial charge in [-0.15, -0.1) is 0 Å². The molecule has 2 aromatic carbocycles. The van der Waals surface area contributed by atoms with Crippen LogP contribution in [0.5, 0.6) is 0 Å². The fourth-order valence-electron chi connectivity index (χ4n) is 9.89. The van der Waals surface area contributed by atoms with Crippen LogP contribution in [-0.2, 0) is 11.2 Å². The Labute approximate surface area is 284 Å². The average Bonchev–Trinajstić information content (AvgIpc) is 3.51. The van der Waals surface area contributed by atoms with E-state index in [-0.39, 0.29) is 0 Å². The van der Waals surface area contributed by atoms with Gasteiger partial charge in [0.15, 0.2) is 0 Å². The van der Waals surface area contributed by atoms with Crippen LogP contribution < -0.4 is 15.5 Å². The molecule has 4 aliphatic carbocycles. The highest BCUT2D eigenvalue weighted by atomic mass is 16.7. The Balaban J connectivity index is 0.000000491. The highest BCUT2D eigenvalue weighted by Gasteiger charge is 2.54. The van der Waals surface area contributed by atoms with E-state index >= 15 is 0 Å². The van der Waals surface area contributed by atoms with Gasteiger partial charge in [-0.1, -0.05) is 108 Å². The standard InChI is InChI=1S/C38H51NO.C6H10O/c1-6-9-16-37-32-15-11-10-14-31(32)36(13-8-3)39(37)40-25-28-24-34-30(21-22-38(5)26(4)17-20-35(34)38)29-19-18-27(12-7-2)23-33(28)29;1-5(7)6-3-2-4-6/h10-11,13-16,18-19,23,26,28,30,34-35H,6-9,12,17,20-22,24-25H2,1-5H3;6H,2-4H2,1H3/b36-13-,37-16-;/t26?,28?,30-,34?,35?,38?;/m1./s1. The highest BCUT2D eigenvalue weighted by Crippen LogP contribution is 2.64. The lowest BCUT2D eigenvalue weighted by atomic mass is 9.53. The molecule has 5 unspecified atom stereocenters. The minimum absolute atomic E-state index is 0.381. The molecule has 3 nitrogen and oxygen atoms in total. The second kappa shape index (κ2) is 14.8. The van der Waals surface area contributed by atoms with E-state index < -0.39 is 0 Å². The number of nitrogens with zero attached hydrogens (tertiary/aromatic N) is 1. The number of benzene rings is 2. The van der Waals surface area contributed by atoms with Crippen molar-refractivity contribution >= 4 is 28.7 Å². The summed E-state index contributed by atoms with van der Waals surface area (Å²) in [5, 5.41) is 5.08. The molecule has 0 radical (unpaired) electrons. The van der Waals surface area contributed by atoms with Gasteiger partial charge in [-0.05, 0) is 117 Å². The summed E-state index contributed by atoms with van der Waals surface area (Å²) in [4.78, 5) is 17.4. The smallest absolute Gasteiger partial charge is 0.132 e. The summed E-state index contributed by atoms with van der Waals surface area (Å²) in [6, 6.07) is 16.4. The Bertz CT molecular complexity index is 1660. The lowest BCUT2D eigenvalue weighted by Gasteiger charge is -2.52. The van der Waals surface area contributed by atoms with Crippen LogP contribution in [0.2, 0.25) is 0 Å². The molecule has 3 aromatic rings. The van der Waals surface area contributed by atoms with Gasteiger partial charge in [0.25, 0.3) is 0 Å². The molecule has 254 valence electrons. The highest BCUT2D eigenvalue weighted by molar-refractivity contribution is 5.84. The number of rotatable bonds is 9. The number of aryl methyl sites for hydroxylation is 1. The molecular weight excluding hydrogens is 574 g/mol. The first-order valence-corrected chi connectivity index (χ1v) is 19.4. The average molecular weight is 636 g/mol. The number of hydrogen-bond acceptors (Lipinski definition) is 2. The molecule has 4 aliphatic rings. The van der Waals surface area contributed by atoms with Gasteiger partial charge in [0.1, 0.15) is 12.4 Å². The monoisotopic (exact) mass is 635 g/mol. The minimum Gasteiger partial charge on any atom is -0.413 e. The van der Waals surface area contributed by atoms with Crippen molar-refractivity contribution in [2.75, 3.05) is 6.61 Å². The SMILES string of the molecule is CC(=O)C1CCC1.CC/C=c1/c2ccccc2/c(=C/CCC)n1OCC1CC2C3CCC(C)C3(C)CC[C@@H]2c2ccc(CCC)cc21. The van der Waals surface area contributed by atoms with Crippen LogP contribution in [0.25, 0.3) is 22.9 Å². The van der Waals surface area contributed by atoms with Crippen molar-refractivity contribution in [2.45, 2.75) is 137 Å². The van der Waals surface area contributed by atoms with Crippen molar-refractivity contribution in [2.24, 2.45) is 29.1 Å². The molecule has 0 N–H and O–H groups in total. The first-order chi connectivity index (χ1) is 22.8. The Morgan fingerprint density at radius 3 is 2.30 bits per heavy atom. The maximum atomic E-state index is 10.4. The van der Waals surface area contributed by atoms with Crippen molar-refractivity contribution in [1.82, 2.24) is 4.73 Å². The Kier molecular flexibility index (Phi) is 10.7. The van der Waals surface area contributed by atoms with Crippen molar-refractivity contribution in [3.63, 3.8) is 0 Å². The van der Waals surface area contributed by atoms with Gasteiger partial charge in [-0.2, -0.15) is 4.73 Å². The van der Waals surface area contributed by atoms with E-state index in [0.717, 1.165) is 62.4 Å². The summed E-state index contributed by atoms with van der Waals surface area (Å²) >= 11 is 0. The van der Waals surface area contributed by atoms with E-state index in [2.05, 4.69) is 94.0 Å². The quantitative estimate of drug-likeness (QED) is 0.234. The summed E-state index contributed by atoms with van der Waals surface area (Å²) in [5.41, 5.74) is 5.28. The zero-order chi connectivity index (χ0) is 33.1. The molecule has 3 heteroatoms. The maximum Gasteiger partial charge on any atom is 0.132 e. The Hall–Kier alpha value is -2.81. The molecule has 0 spiro atoms. The summed E-state index contributed by atoms with van der Waals surface area (Å²) < 4.78 is 2.20. The lowest BCUT2D eigenvalue weighted by Crippen LogP contribution is -2.44. The Morgan fingerprint density at radius 1 is 0.936 bits per heavy atom. The van der Waals surface area contributed by atoms with Crippen LogP contribution in [0.3, 0.4) is 0 Å². The molecule has 0 bridgehead atoms. The summed E-state index contributed by atoms with van der Waals surface area (Å²) in [6.07, 6.45) is 20.8. The normalized spacial score (nSPS) is 29.0. The van der Waals surface area contributed by atoms with E-state index in [1.807, 2.05) is 0 Å². The van der Waals surface area contributed by atoms with E-state index in [1.54, 1.807) is 18.1 Å². The number of unbranched alkanes of at least 4 members (excludes halogenated alkanes) is 1. The molecule has 47 heavy (non-hydrogen) atoms. The van der Waals surface area contributed by atoms with Crippen LogP contribution in [-0.4, -0.2) is 17.1 Å². The van der Waals surface area contributed by atoms with Gasteiger partial charge in [0, 0.05) is 22.6 Å². The third kappa shape index (κ3) is 6.62. The van der Waals surface area contributed by atoms with E-state index in [0.29, 0.717) is 23.0 Å². The van der Waals surface area contributed by atoms with Gasteiger partial charge in [0.2, 0.25) is 0 Å². The third-order valence-electron chi connectivity index (χ3n) is 13.0. The molecular formula is C44H61NO2. The summed E-state index contributed by atoms with van der Waals surface area (Å²) in [7, 11) is 0. The van der Waals surface area contributed by atoms with Gasteiger partial charge in [-0.25, -0.2) is 0 Å². The van der Waals surface area contributed by atoms with Crippen molar-refractivity contribution < 1.29 is 9.63 Å². The maximum absolute atomic E-state index is 10.4. The van der Waals surface area contributed by atoms with Crippen molar-refractivity contribution in [3.8, 4) is 0 Å². The number of hydrogen-bond donors (Lipinski definition) is 0. The number of Topliss-reactive ketones (excluding diaryl/α,β-unsaturated/α-hetero) is 1. The predicted octanol–water partition coefficient (Wildman–Crippen LogP) is 9.90. The van der Waals surface area contributed by atoms with Gasteiger partial charge < -0.3 is 4.84 Å². The molecule has 3 fully saturated rings. The van der Waals surface area contributed by atoms with Crippen LogP contribution in [0, 0.1) is 29.1 Å². The molecule has 0 saturated heterocycles. The van der Waals surface area contributed by atoms with Crippen LogP contribution in [0.1, 0.15) is 147 Å². The van der Waals surface area contributed by atoms with Gasteiger partial charge in [0.05, 0.1) is 10.7 Å². The first kappa shape index (κ1) is 34.1. The number of ketones is 1. The number of carbonyl (C=O) groups is 1. The number of carbonyl (C=O) groups excluding carboxylic acids is 1. The van der Waals surface area contributed by atoms with Crippen molar-refractivity contribution in [3.05, 3.63) is 69.9 Å². The second-order valence-electron chi connectivity index (χ2n) is 15.8. The topological polar surface area (TPSA) is 31.2 Å².